The lowest BCUT2D eigenvalue weighted by molar-refractivity contribution is -0.130. The van der Waals surface area contributed by atoms with Gasteiger partial charge in [0.2, 0.25) is 11.8 Å². The first-order valence-electron chi connectivity index (χ1n) is 12.3. The van der Waals surface area contributed by atoms with E-state index in [1.165, 1.54) is 0 Å². The first-order valence-corrected chi connectivity index (χ1v) is 12.3. The van der Waals surface area contributed by atoms with E-state index in [4.69, 9.17) is 10.5 Å². The number of aliphatic imine (C=N–C) groups is 1. The number of nitrogens with one attached hydrogen (secondary N) is 1. The molecule has 7 heteroatoms. The molecule has 1 saturated carbocycles. The third-order valence-electron chi connectivity index (χ3n) is 7.27. The number of para-hydroxylation sites is 1. The third-order valence-corrected chi connectivity index (χ3v) is 7.27. The SMILES string of the molecule is C=C1CC2=CCC(C(=O)N[C@H]3CC(C)(C)Oc4ccccc43)C=C2[C@H]1N1C(=O)CC(C)(C)N=C1N. The van der Waals surface area contributed by atoms with Gasteiger partial charge in [0.1, 0.15) is 11.4 Å². The van der Waals surface area contributed by atoms with Gasteiger partial charge in [-0.1, -0.05) is 36.9 Å². The van der Waals surface area contributed by atoms with Gasteiger partial charge in [-0.05, 0) is 63.3 Å². The maximum atomic E-state index is 13.5. The number of hydrogen-bond acceptors (Lipinski definition) is 5. The molecule has 4 aliphatic rings. The molecular weight excluding hydrogens is 440 g/mol. The zero-order valence-corrected chi connectivity index (χ0v) is 20.9. The molecule has 0 radical (unpaired) electrons. The van der Waals surface area contributed by atoms with Crippen molar-refractivity contribution in [1.82, 2.24) is 10.2 Å². The van der Waals surface area contributed by atoms with Crippen LogP contribution in [-0.4, -0.2) is 39.9 Å². The summed E-state index contributed by atoms with van der Waals surface area (Å²) in [6.45, 7) is 12.1. The zero-order valence-electron chi connectivity index (χ0n) is 20.9. The monoisotopic (exact) mass is 474 g/mol. The summed E-state index contributed by atoms with van der Waals surface area (Å²) >= 11 is 0. The van der Waals surface area contributed by atoms with Gasteiger partial charge in [-0.3, -0.25) is 14.5 Å². The Kier molecular flexibility index (Phi) is 5.42. The largest absolute Gasteiger partial charge is 0.487 e. The Morgan fingerprint density at radius 1 is 1.26 bits per heavy atom. The first-order chi connectivity index (χ1) is 16.4. The predicted octanol–water partition coefficient (Wildman–Crippen LogP) is 3.93. The highest BCUT2D eigenvalue weighted by Gasteiger charge is 2.44. The highest BCUT2D eigenvalue weighted by Crippen LogP contribution is 2.44. The number of rotatable bonds is 3. The van der Waals surface area contributed by atoms with Crippen molar-refractivity contribution in [3.05, 3.63) is 65.3 Å². The van der Waals surface area contributed by atoms with E-state index in [2.05, 4.69) is 23.0 Å². The van der Waals surface area contributed by atoms with Gasteiger partial charge in [-0.2, -0.15) is 0 Å². The molecule has 0 saturated heterocycles. The minimum atomic E-state index is -0.520. The Labute approximate surface area is 206 Å². The number of allylic oxidation sites excluding steroid dienone is 1. The summed E-state index contributed by atoms with van der Waals surface area (Å²) in [6.07, 6.45) is 6.37. The van der Waals surface area contributed by atoms with E-state index in [0.29, 0.717) is 19.3 Å². The van der Waals surface area contributed by atoms with Crippen LogP contribution in [0, 0.1) is 5.92 Å². The standard InChI is InChI=1S/C28H34N4O3/c1-16-12-17-10-11-18(13-20(17)24(16)32-23(33)15-27(2,3)31-26(32)29)25(34)30-21-14-28(4,5)35-22-9-7-6-8-19(21)22/h6-10,13,18,21,24H,1,11-12,14-15H2,2-5H3,(H2,29,31)(H,30,34)/t18?,21-,24-/m0/s1. The number of carbonyl (C=O) groups excluding carboxylic acids is 2. The van der Waals surface area contributed by atoms with E-state index in [9.17, 15) is 9.59 Å². The Balaban J connectivity index is 1.40. The molecular formula is C28H34N4O3. The minimum absolute atomic E-state index is 0.0330. The number of fused-ring (bicyclic) bond motifs is 2. The van der Waals surface area contributed by atoms with Crippen LogP contribution in [0.4, 0.5) is 0 Å². The van der Waals surface area contributed by atoms with Crippen LogP contribution in [0.5, 0.6) is 5.75 Å². The molecule has 1 unspecified atom stereocenters. The highest BCUT2D eigenvalue weighted by molar-refractivity contribution is 6.00. The number of carbonyl (C=O) groups is 2. The number of ether oxygens (including phenoxy) is 1. The molecule has 5 rings (SSSR count). The summed E-state index contributed by atoms with van der Waals surface area (Å²) in [5, 5.41) is 3.27. The molecule has 3 atom stereocenters. The molecule has 184 valence electrons. The number of nitrogens with two attached hydrogens (primary N) is 1. The number of benzene rings is 1. The Hall–Kier alpha value is -3.35. The molecule has 35 heavy (non-hydrogen) atoms. The Morgan fingerprint density at radius 2 is 2.00 bits per heavy atom. The summed E-state index contributed by atoms with van der Waals surface area (Å²) in [5.41, 5.74) is 9.33. The molecule has 0 aromatic heterocycles. The molecule has 2 amide bonds. The average Bonchev–Trinajstić information content (AvgIpc) is 3.06. The smallest absolute Gasteiger partial charge is 0.232 e. The topological polar surface area (TPSA) is 97.0 Å². The van der Waals surface area contributed by atoms with Gasteiger partial charge in [0.25, 0.3) is 0 Å². The lowest BCUT2D eigenvalue weighted by Crippen LogP contribution is -2.54. The molecule has 2 heterocycles. The van der Waals surface area contributed by atoms with Crippen LogP contribution in [0.1, 0.15) is 65.0 Å². The van der Waals surface area contributed by atoms with E-state index in [1.54, 1.807) is 4.90 Å². The van der Waals surface area contributed by atoms with Crippen molar-refractivity contribution < 1.29 is 14.3 Å². The summed E-state index contributed by atoms with van der Waals surface area (Å²) in [6, 6.07) is 7.36. The molecule has 0 spiro atoms. The van der Waals surface area contributed by atoms with Crippen LogP contribution >= 0.6 is 0 Å². The maximum Gasteiger partial charge on any atom is 0.232 e. The molecule has 3 N–H and O–H groups in total. The summed E-state index contributed by atoms with van der Waals surface area (Å²) < 4.78 is 6.12. The quantitative estimate of drug-likeness (QED) is 0.649. The normalized spacial score (nSPS) is 28.7. The fourth-order valence-electron chi connectivity index (χ4n) is 5.76. The highest BCUT2D eigenvalue weighted by atomic mass is 16.5. The lowest BCUT2D eigenvalue weighted by atomic mass is 9.87. The van der Waals surface area contributed by atoms with Crippen molar-refractivity contribution in [1.29, 1.82) is 0 Å². The van der Waals surface area contributed by atoms with Crippen LogP contribution < -0.4 is 15.8 Å². The van der Waals surface area contributed by atoms with Gasteiger partial charge in [0, 0.05) is 12.0 Å². The maximum absolute atomic E-state index is 13.5. The van der Waals surface area contributed by atoms with Crippen LogP contribution in [-0.2, 0) is 9.59 Å². The van der Waals surface area contributed by atoms with Gasteiger partial charge in [0.05, 0.1) is 30.0 Å². The number of amides is 2. The molecule has 7 nitrogen and oxygen atoms in total. The number of hydrogen-bond donors (Lipinski definition) is 2. The molecule has 2 aliphatic carbocycles. The van der Waals surface area contributed by atoms with Gasteiger partial charge >= 0.3 is 0 Å². The minimum Gasteiger partial charge on any atom is -0.487 e. The fourth-order valence-corrected chi connectivity index (χ4v) is 5.76. The molecule has 1 fully saturated rings. The summed E-state index contributed by atoms with van der Waals surface area (Å²) in [7, 11) is 0. The van der Waals surface area contributed by atoms with E-state index in [0.717, 1.165) is 28.0 Å². The van der Waals surface area contributed by atoms with E-state index < -0.39 is 5.54 Å². The first kappa shape index (κ1) is 23.4. The second-order valence-corrected chi connectivity index (χ2v) is 11.3. The number of nitrogens with zero attached hydrogens (tertiary/aromatic N) is 2. The van der Waals surface area contributed by atoms with Gasteiger partial charge in [-0.15, -0.1) is 0 Å². The van der Waals surface area contributed by atoms with Gasteiger partial charge in [0.15, 0.2) is 5.96 Å². The van der Waals surface area contributed by atoms with Gasteiger partial charge in [-0.25, -0.2) is 4.99 Å². The van der Waals surface area contributed by atoms with Crippen molar-refractivity contribution in [3.63, 3.8) is 0 Å². The molecule has 2 aliphatic heterocycles. The van der Waals surface area contributed by atoms with Crippen LogP contribution in [0.15, 0.2) is 64.7 Å². The molecule has 1 aromatic rings. The average molecular weight is 475 g/mol. The second kappa shape index (κ2) is 8.11. The molecule has 0 bridgehead atoms. The molecule has 1 aromatic carbocycles. The summed E-state index contributed by atoms with van der Waals surface area (Å²) in [4.78, 5) is 32.7. The Morgan fingerprint density at radius 3 is 2.74 bits per heavy atom. The predicted molar refractivity (Wildman–Crippen MR) is 136 cm³/mol. The lowest BCUT2D eigenvalue weighted by Gasteiger charge is -2.38. The third kappa shape index (κ3) is 4.28. The van der Waals surface area contributed by atoms with Crippen molar-refractivity contribution in [2.75, 3.05) is 0 Å². The van der Waals surface area contributed by atoms with E-state index >= 15 is 0 Å². The van der Waals surface area contributed by atoms with Crippen molar-refractivity contribution in [2.45, 2.75) is 76.6 Å². The van der Waals surface area contributed by atoms with Gasteiger partial charge < -0.3 is 15.8 Å². The zero-order chi connectivity index (χ0) is 25.1. The Bertz CT molecular complexity index is 1210. The van der Waals surface area contributed by atoms with Crippen LogP contribution in [0.2, 0.25) is 0 Å². The fraction of sp³-hybridized carbons (Fsp3) is 0.464. The van der Waals surface area contributed by atoms with Crippen molar-refractivity contribution in [3.8, 4) is 5.75 Å². The number of guanidine groups is 1. The van der Waals surface area contributed by atoms with Crippen LogP contribution in [0.25, 0.3) is 0 Å². The summed E-state index contributed by atoms with van der Waals surface area (Å²) in [5.74, 6) is 0.589. The van der Waals surface area contributed by atoms with Crippen LogP contribution in [0.3, 0.4) is 0 Å². The van der Waals surface area contributed by atoms with E-state index in [-0.39, 0.29) is 47.8 Å². The van der Waals surface area contributed by atoms with Crippen molar-refractivity contribution >= 4 is 17.8 Å². The second-order valence-electron chi connectivity index (χ2n) is 11.3. The van der Waals surface area contributed by atoms with Crippen molar-refractivity contribution in [2.24, 2.45) is 16.6 Å². The van der Waals surface area contributed by atoms with E-state index in [1.807, 2.05) is 58.0 Å².